The third-order valence-corrected chi connectivity index (χ3v) is 6.48. The molecule has 0 saturated carbocycles. The first-order chi connectivity index (χ1) is 14.1. The highest BCUT2D eigenvalue weighted by Crippen LogP contribution is 2.37. The van der Waals surface area contributed by atoms with Gasteiger partial charge >= 0.3 is 0 Å². The third kappa shape index (κ3) is 3.88. The SMILES string of the molecule is CC(C)(C)N(CC(c1c[nH]c2cc(Br)ccc12)c1c[nH]c2cc(Br)ccc12)C(=O)[O-]. The van der Waals surface area contributed by atoms with Crippen molar-refractivity contribution >= 4 is 59.8 Å². The van der Waals surface area contributed by atoms with Crippen molar-refractivity contribution in [1.82, 2.24) is 14.9 Å². The maximum Gasteiger partial charge on any atom is 0.137 e. The second kappa shape index (κ2) is 7.78. The lowest BCUT2D eigenvalue weighted by atomic mass is 9.89. The number of aromatic amines is 2. The van der Waals surface area contributed by atoms with Crippen molar-refractivity contribution in [3.63, 3.8) is 0 Å². The van der Waals surface area contributed by atoms with Gasteiger partial charge < -0.3 is 24.8 Å². The zero-order chi connectivity index (χ0) is 21.6. The number of amides is 1. The van der Waals surface area contributed by atoms with Gasteiger partial charge in [0.2, 0.25) is 0 Å². The lowest BCUT2D eigenvalue weighted by Gasteiger charge is -2.40. The van der Waals surface area contributed by atoms with E-state index in [2.05, 4.69) is 54.0 Å². The van der Waals surface area contributed by atoms with Crippen LogP contribution in [0.1, 0.15) is 37.8 Å². The Hall–Kier alpha value is -2.25. The Labute approximate surface area is 191 Å². The number of hydrogen-bond donors (Lipinski definition) is 2. The first-order valence-electron chi connectivity index (χ1n) is 9.67. The molecule has 2 N–H and O–H groups in total. The summed E-state index contributed by atoms with van der Waals surface area (Å²) in [6.07, 6.45) is 2.79. The lowest BCUT2D eigenvalue weighted by Crippen LogP contribution is -2.53. The molecular weight excluding hydrogens is 510 g/mol. The summed E-state index contributed by atoms with van der Waals surface area (Å²) in [5, 5.41) is 14.2. The van der Waals surface area contributed by atoms with Gasteiger partial charge in [-0.15, -0.1) is 0 Å². The fraction of sp³-hybridized carbons (Fsp3) is 0.261. The molecule has 0 unspecified atom stereocenters. The number of fused-ring (bicyclic) bond motifs is 2. The van der Waals surface area contributed by atoms with Gasteiger partial charge in [0, 0.05) is 61.1 Å². The molecule has 4 rings (SSSR count). The number of carbonyl (C=O) groups excluding carboxylic acids is 1. The zero-order valence-corrected chi connectivity index (χ0v) is 20.1. The maximum absolute atomic E-state index is 12.0. The van der Waals surface area contributed by atoms with Crippen LogP contribution in [0.4, 0.5) is 4.79 Å². The zero-order valence-electron chi connectivity index (χ0n) is 16.9. The van der Waals surface area contributed by atoms with Crippen LogP contribution in [0.25, 0.3) is 21.8 Å². The Morgan fingerprint density at radius 1 is 0.967 bits per heavy atom. The number of carboxylic acid groups (broad SMARTS) is 1. The van der Waals surface area contributed by atoms with Crippen LogP contribution in [0.2, 0.25) is 0 Å². The summed E-state index contributed by atoms with van der Waals surface area (Å²) in [5.74, 6) is -0.174. The van der Waals surface area contributed by atoms with Gasteiger partial charge in [-0.2, -0.15) is 0 Å². The number of hydrogen-bond acceptors (Lipinski definition) is 2. The largest absolute Gasteiger partial charge is 0.530 e. The normalized spacial score (nSPS) is 12.2. The smallest absolute Gasteiger partial charge is 0.137 e. The van der Waals surface area contributed by atoms with E-state index in [1.807, 2.05) is 57.4 Å². The molecule has 0 aliphatic heterocycles. The van der Waals surface area contributed by atoms with Crippen molar-refractivity contribution in [2.75, 3.05) is 6.54 Å². The van der Waals surface area contributed by atoms with E-state index in [0.29, 0.717) is 0 Å². The number of benzene rings is 2. The van der Waals surface area contributed by atoms with E-state index < -0.39 is 11.6 Å². The molecule has 0 saturated heterocycles. The Morgan fingerprint density at radius 3 is 1.83 bits per heavy atom. The lowest BCUT2D eigenvalue weighted by molar-refractivity contribution is -0.270. The molecule has 0 atom stereocenters. The van der Waals surface area contributed by atoms with E-state index in [0.717, 1.165) is 41.9 Å². The third-order valence-electron chi connectivity index (χ3n) is 5.50. The second-order valence-corrected chi connectivity index (χ2v) is 10.3. The minimum Gasteiger partial charge on any atom is -0.530 e. The molecule has 156 valence electrons. The highest BCUT2D eigenvalue weighted by molar-refractivity contribution is 9.10. The molecule has 0 fully saturated rings. The average molecular weight is 532 g/mol. The molecule has 0 spiro atoms. The van der Waals surface area contributed by atoms with Crippen molar-refractivity contribution in [1.29, 1.82) is 0 Å². The summed E-state index contributed by atoms with van der Waals surface area (Å²) in [5.41, 5.74) is 3.53. The van der Waals surface area contributed by atoms with Gasteiger partial charge in [-0.3, -0.25) is 0 Å². The fourth-order valence-corrected chi connectivity index (χ4v) is 4.71. The second-order valence-electron chi connectivity index (χ2n) is 8.47. The Balaban J connectivity index is 1.91. The molecule has 0 bridgehead atoms. The van der Waals surface area contributed by atoms with E-state index in [-0.39, 0.29) is 12.5 Å². The number of rotatable bonds is 4. The molecule has 7 heteroatoms. The van der Waals surface area contributed by atoms with Crippen molar-refractivity contribution in [3.8, 4) is 0 Å². The molecule has 2 aromatic heterocycles. The van der Waals surface area contributed by atoms with E-state index in [4.69, 9.17) is 0 Å². The van der Waals surface area contributed by atoms with Crippen LogP contribution >= 0.6 is 31.9 Å². The van der Waals surface area contributed by atoms with E-state index >= 15 is 0 Å². The Bertz CT molecular complexity index is 1160. The van der Waals surface area contributed by atoms with Crippen molar-refractivity contribution < 1.29 is 9.90 Å². The molecular formula is C23H22Br2N3O2-. The summed E-state index contributed by atoms with van der Waals surface area (Å²) in [4.78, 5) is 20.1. The summed E-state index contributed by atoms with van der Waals surface area (Å²) in [6, 6.07) is 12.2. The molecule has 2 heterocycles. The van der Waals surface area contributed by atoms with Gasteiger partial charge in [-0.25, -0.2) is 0 Å². The minimum atomic E-state index is -1.17. The molecule has 4 aromatic rings. The van der Waals surface area contributed by atoms with Gasteiger partial charge in [0.15, 0.2) is 0 Å². The minimum absolute atomic E-state index is 0.174. The van der Waals surface area contributed by atoms with Gasteiger partial charge in [0.1, 0.15) is 6.09 Å². The number of halogens is 2. The standard InChI is InChI=1S/C23H23Br2N3O2/c1-23(2,3)28(22(29)30)12-19(17-10-26-20-8-13(24)4-6-15(17)20)18-11-27-21-9-14(25)5-7-16(18)21/h4-11,19,26-27H,12H2,1-3H3,(H,29,30)/p-1. The highest BCUT2D eigenvalue weighted by atomic mass is 79.9. The molecule has 2 aromatic carbocycles. The molecule has 0 aliphatic carbocycles. The summed E-state index contributed by atoms with van der Waals surface area (Å²) in [6.45, 7) is 5.95. The van der Waals surface area contributed by atoms with Crippen LogP contribution in [-0.4, -0.2) is 33.0 Å². The van der Waals surface area contributed by atoms with Crippen LogP contribution in [0.15, 0.2) is 57.7 Å². The van der Waals surface area contributed by atoms with Crippen LogP contribution < -0.4 is 5.11 Å². The van der Waals surface area contributed by atoms with Crippen molar-refractivity contribution in [3.05, 3.63) is 68.9 Å². The van der Waals surface area contributed by atoms with Crippen molar-refractivity contribution in [2.45, 2.75) is 32.2 Å². The first-order valence-corrected chi connectivity index (χ1v) is 11.3. The van der Waals surface area contributed by atoms with Crippen LogP contribution in [0, 0.1) is 0 Å². The van der Waals surface area contributed by atoms with Gasteiger partial charge in [-0.05, 0) is 56.2 Å². The Morgan fingerprint density at radius 2 is 1.43 bits per heavy atom. The number of nitrogens with zero attached hydrogens (tertiary/aromatic N) is 1. The molecule has 1 amide bonds. The summed E-state index contributed by atoms with van der Waals surface area (Å²) < 4.78 is 1.98. The average Bonchev–Trinajstić information content (AvgIpc) is 3.25. The fourth-order valence-electron chi connectivity index (χ4n) is 3.99. The van der Waals surface area contributed by atoms with Crippen LogP contribution in [-0.2, 0) is 0 Å². The molecule has 0 aliphatic rings. The number of H-pyrrole nitrogens is 2. The summed E-state index contributed by atoms with van der Waals surface area (Å²) >= 11 is 7.04. The Kier molecular flexibility index (Phi) is 5.45. The topological polar surface area (TPSA) is 75.0 Å². The van der Waals surface area contributed by atoms with E-state index in [1.54, 1.807) is 0 Å². The van der Waals surface area contributed by atoms with Crippen molar-refractivity contribution in [2.24, 2.45) is 0 Å². The van der Waals surface area contributed by atoms with Crippen LogP contribution in [0.5, 0.6) is 0 Å². The first kappa shape index (κ1) is 21.0. The summed E-state index contributed by atoms with van der Waals surface area (Å²) in [7, 11) is 0. The molecule has 5 nitrogen and oxygen atoms in total. The number of nitrogens with one attached hydrogen (secondary N) is 2. The predicted octanol–water partition coefficient (Wildman–Crippen LogP) is 5.75. The van der Waals surface area contributed by atoms with E-state index in [9.17, 15) is 9.90 Å². The quantitative estimate of drug-likeness (QED) is 0.352. The highest BCUT2D eigenvalue weighted by Gasteiger charge is 2.29. The van der Waals surface area contributed by atoms with Gasteiger partial charge in [0.05, 0.1) is 0 Å². The molecule has 30 heavy (non-hydrogen) atoms. The van der Waals surface area contributed by atoms with E-state index in [1.165, 1.54) is 4.90 Å². The predicted molar refractivity (Wildman–Crippen MR) is 126 cm³/mol. The van der Waals surface area contributed by atoms with Crippen LogP contribution in [0.3, 0.4) is 0 Å². The number of aromatic nitrogens is 2. The van der Waals surface area contributed by atoms with Gasteiger partial charge in [-0.1, -0.05) is 44.0 Å². The molecule has 0 radical (unpaired) electrons. The maximum atomic E-state index is 12.0. The van der Waals surface area contributed by atoms with Gasteiger partial charge in [0.25, 0.3) is 0 Å². The number of carbonyl (C=O) groups is 1. The monoisotopic (exact) mass is 530 g/mol.